The van der Waals surface area contributed by atoms with Crippen molar-refractivity contribution in [3.05, 3.63) is 69.3 Å². The van der Waals surface area contributed by atoms with Crippen LogP contribution >= 0.6 is 0 Å². The van der Waals surface area contributed by atoms with Crippen LogP contribution in [0.4, 0.5) is 20.2 Å². The average molecular weight is 292 g/mol. The van der Waals surface area contributed by atoms with Gasteiger partial charge in [-0.1, -0.05) is 11.6 Å². The minimum atomic E-state index is -1.01. The molecule has 0 spiro atoms. The molecule has 7 heteroatoms. The van der Waals surface area contributed by atoms with Crippen LogP contribution in [0.2, 0.25) is 0 Å². The van der Waals surface area contributed by atoms with E-state index < -0.39 is 28.2 Å². The van der Waals surface area contributed by atoms with Crippen molar-refractivity contribution >= 4 is 17.3 Å². The van der Waals surface area contributed by atoms with Crippen LogP contribution in [0.5, 0.6) is 0 Å². The summed E-state index contributed by atoms with van der Waals surface area (Å²) in [7, 11) is 0. The third kappa shape index (κ3) is 3.19. The van der Waals surface area contributed by atoms with Crippen molar-refractivity contribution < 1.29 is 18.5 Å². The topological polar surface area (TPSA) is 72.2 Å². The van der Waals surface area contributed by atoms with Gasteiger partial charge in [0, 0.05) is 11.8 Å². The van der Waals surface area contributed by atoms with Crippen molar-refractivity contribution in [3.8, 4) is 0 Å². The highest BCUT2D eigenvalue weighted by molar-refractivity contribution is 6.04. The highest BCUT2D eigenvalue weighted by Gasteiger charge is 2.17. The Morgan fingerprint density at radius 2 is 1.81 bits per heavy atom. The molecule has 108 valence electrons. The molecule has 5 nitrogen and oxygen atoms in total. The van der Waals surface area contributed by atoms with E-state index in [1.807, 2.05) is 0 Å². The van der Waals surface area contributed by atoms with Crippen LogP contribution in [-0.2, 0) is 0 Å². The number of hydrogen-bond acceptors (Lipinski definition) is 3. The molecule has 2 aromatic carbocycles. The molecule has 2 aromatic rings. The second-order valence-corrected chi connectivity index (χ2v) is 4.36. The fourth-order valence-corrected chi connectivity index (χ4v) is 1.74. The molecular weight excluding hydrogens is 282 g/mol. The molecule has 0 aliphatic heterocycles. The van der Waals surface area contributed by atoms with Gasteiger partial charge >= 0.3 is 5.69 Å². The first kappa shape index (κ1) is 14.6. The molecule has 0 fully saturated rings. The van der Waals surface area contributed by atoms with Crippen molar-refractivity contribution in [1.29, 1.82) is 0 Å². The van der Waals surface area contributed by atoms with Gasteiger partial charge in [-0.25, -0.2) is 4.39 Å². The lowest BCUT2D eigenvalue weighted by Crippen LogP contribution is -2.14. The third-order valence-electron chi connectivity index (χ3n) is 2.77. The molecule has 21 heavy (non-hydrogen) atoms. The summed E-state index contributed by atoms with van der Waals surface area (Å²) in [5.41, 5.74) is -0.264. The number of nitrogens with zero attached hydrogens (tertiary/aromatic N) is 1. The fraction of sp³-hybridized carbons (Fsp3) is 0.0714. The lowest BCUT2D eigenvalue weighted by molar-refractivity contribution is -0.387. The van der Waals surface area contributed by atoms with Crippen LogP contribution in [0.15, 0.2) is 36.4 Å². The number of nitro groups is 1. The van der Waals surface area contributed by atoms with Crippen molar-refractivity contribution in [1.82, 2.24) is 0 Å². The van der Waals surface area contributed by atoms with Gasteiger partial charge < -0.3 is 5.32 Å². The number of aryl methyl sites for hydroxylation is 1. The molecule has 0 heterocycles. The Kier molecular flexibility index (Phi) is 3.93. The lowest BCUT2D eigenvalue weighted by Gasteiger charge is -2.07. The Bertz CT molecular complexity index is 732. The fourth-order valence-electron chi connectivity index (χ4n) is 1.74. The summed E-state index contributed by atoms with van der Waals surface area (Å²) in [5.74, 6) is -2.49. The average Bonchev–Trinajstić information content (AvgIpc) is 2.43. The Labute approximate surface area is 118 Å². The van der Waals surface area contributed by atoms with Crippen molar-refractivity contribution in [3.63, 3.8) is 0 Å². The second-order valence-electron chi connectivity index (χ2n) is 4.36. The van der Waals surface area contributed by atoms with Crippen LogP contribution in [0, 0.1) is 28.7 Å². The maximum Gasteiger partial charge on any atom is 0.306 e. The summed E-state index contributed by atoms with van der Waals surface area (Å²) in [6.45, 7) is 1.69. The van der Waals surface area contributed by atoms with Gasteiger partial charge in [0.05, 0.1) is 10.5 Å². The molecule has 0 unspecified atom stereocenters. The second kappa shape index (κ2) is 5.66. The van der Waals surface area contributed by atoms with Gasteiger partial charge in [0.25, 0.3) is 5.91 Å². The van der Waals surface area contributed by atoms with E-state index in [9.17, 15) is 23.7 Å². The number of nitrogens with one attached hydrogen (secondary N) is 1. The summed E-state index contributed by atoms with van der Waals surface area (Å²) >= 11 is 0. The summed E-state index contributed by atoms with van der Waals surface area (Å²) < 4.78 is 26.7. The highest BCUT2D eigenvalue weighted by atomic mass is 19.1. The molecule has 2 rings (SSSR count). The predicted octanol–water partition coefficient (Wildman–Crippen LogP) is 3.43. The first-order valence-corrected chi connectivity index (χ1v) is 5.90. The number of carbonyl (C=O) groups excluding carboxylic acids is 1. The molecule has 0 aliphatic carbocycles. The third-order valence-corrected chi connectivity index (χ3v) is 2.77. The van der Waals surface area contributed by atoms with Gasteiger partial charge in [0.1, 0.15) is 5.82 Å². The van der Waals surface area contributed by atoms with Crippen LogP contribution in [0.25, 0.3) is 0 Å². The first-order chi connectivity index (χ1) is 9.88. The molecule has 1 amide bonds. The van der Waals surface area contributed by atoms with Crippen molar-refractivity contribution in [2.24, 2.45) is 0 Å². The van der Waals surface area contributed by atoms with Gasteiger partial charge in [-0.05, 0) is 31.2 Å². The summed E-state index contributed by atoms with van der Waals surface area (Å²) in [5, 5.41) is 12.9. The largest absolute Gasteiger partial charge is 0.322 e. The number of rotatable bonds is 3. The molecule has 0 aromatic heterocycles. The minimum absolute atomic E-state index is 0.00834. The SMILES string of the molecule is Cc1ccc(F)c(C(=O)Nc2ccc(F)c([N+](=O)[O-])c2)c1. The first-order valence-electron chi connectivity index (χ1n) is 5.90. The van der Waals surface area contributed by atoms with Crippen LogP contribution in [-0.4, -0.2) is 10.8 Å². The highest BCUT2D eigenvalue weighted by Crippen LogP contribution is 2.22. The zero-order valence-corrected chi connectivity index (χ0v) is 10.9. The number of anilines is 1. The van der Waals surface area contributed by atoms with E-state index in [2.05, 4.69) is 5.32 Å². The van der Waals surface area contributed by atoms with Crippen LogP contribution in [0.1, 0.15) is 15.9 Å². The Hall–Kier alpha value is -2.83. The van der Waals surface area contributed by atoms with Gasteiger partial charge in [0.15, 0.2) is 0 Å². The van der Waals surface area contributed by atoms with Crippen molar-refractivity contribution in [2.75, 3.05) is 5.32 Å². The molecule has 0 saturated carbocycles. The monoisotopic (exact) mass is 292 g/mol. The van der Waals surface area contributed by atoms with E-state index in [4.69, 9.17) is 0 Å². The van der Waals surface area contributed by atoms with Crippen molar-refractivity contribution in [2.45, 2.75) is 6.92 Å². The van der Waals surface area contributed by atoms with E-state index in [0.717, 1.165) is 24.3 Å². The van der Waals surface area contributed by atoms with E-state index in [1.54, 1.807) is 6.92 Å². The Morgan fingerprint density at radius 3 is 2.48 bits per heavy atom. The van der Waals surface area contributed by atoms with E-state index >= 15 is 0 Å². The number of halogens is 2. The summed E-state index contributed by atoms with van der Waals surface area (Å²) in [6, 6.07) is 6.91. The molecule has 1 N–H and O–H groups in total. The normalized spacial score (nSPS) is 10.2. The zero-order chi connectivity index (χ0) is 15.6. The van der Waals surface area contributed by atoms with Crippen LogP contribution < -0.4 is 5.32 Å². The molecule has 0 aliphatic rings. The van der Waals surface area contributed by atoms with E-state index in [-0.39, 0.29) is 11.3 Å². The van der Waals surface area contributed by atoms with E-state index in [1.165, 1.54) is 12.1 Å². The number of nitro benzene ring substituents is 1. The quantitative estimate of drug-likeness (QED) is 0.695. The Morgan fingerprint density at radius 1 is 1.14 bits per heavy atom. The molecule has 0 radical (unpaired) electrons. The Balaban J connectivity index is 2.29. The van der Waals surface area contributed by atoms with E-state index in [0.29, 0.717) is 5.56 Å². The number of benzene rings is 2. The van der Waals surface area contributed by atoms with Gasteiger partial charge in [-0.15, -0.1) is 0 Å². The van der Waals surface area contributed by atoms with Crippen LogP contribution in [0.3, 0.4) is 0 Å². The van der Waals surface area contributed by atoms with Gasteiger partial charge in [0.2, 0.25) is 5.82 Å². The predicted molar refractivity (Wildman–Crippen MR) is 72.1 cm³/mol. The minimum Gasteiger partial charge on any atom is -0.322 e. The summed E-state index contributed by atoms with van der Waals surface area (Å²) in [6.07, 6.45) is 0. The standard InChI is InChI=1S/C14H10F2N2O3/c1-8-2-4-11(15)10(6-8)14(19)17-9-3-5-12(16)13(7-9)18(20)21/h2-7H,1H3,(H,17,19). The molecule has 0 atom stereocenters. The molecule has 0 saturated heterocycles. The van der Waals surface area contributed by atoms with Gasteiger partial charge in [-0.2, -0.15) is 4.39 Å². The molecule has 0 bridgehead atoms. The van der Waals surface area contributed by atoms with Gasteiger partial charge in [-0.3, -0.25) is 14.9 Å². The molecular formula is C14H10F2N2O3. The number of hydrogen-bond donors (Lipinski definition) is 1. The number of amides is 1. The zero-order valence-electron chi connectivity index (χ0n) is 10.9. The number of carbonyl (C=O) groups is 1. The smallest absolute Gasteiger partial charge is 0.306 e. The lowest BCUT2D eigenvalue weighted by atomic mass is 10.1. The maximum absolute atomic E-state index is 13.6. The summed E-state index contributed by atoms with van der Waals surface area (Å²) in [4.78, 5) is 21.7. The maximum atomic E-state index is 13.6.